The number of rotatable bonds is 7. The zero-order valence-electron chi connectivity index (χ0n) is 18.8. The first-order valence-electron chi connectivity index (χ1n) is 10.9. The van der Waals surface area contributed by atoms with Crippen LogP contribution in [0.4, 0.5) is 29.3 Å². The van der Waals surface area contributed by atoms with Crippen molar-refractivity contribution in [3.05, 3.63) is 48.5 Å². The fourth-order valence-electron chi connectivity index (χ4n) is 3.84. The Balaban J connectivity index is 1.41. The Labute approximate surface area is 204 Å². The van der Waals surface area contributed by atoms with E-state index >= 15 is 4.39 Å². The van der Waals surface area contributed by atoms with E-state index in [4.69, 9.17) is 4.74 Å². The number of halogens is 3. The van der Waals surface area contributed by atoms with Crippen LogP contribution in [-0.2, 0) is 19.6 Å². The van der Waals surface area contributed by atoms with Crippen LogP contribution in [0.1, 0.15) is 0 Å². The molecule has 2 aliphatic rings. The van der Waals surface area contributed by atoms with Gasteiger partial charge < -0.3 is 15.0 Å². The van der Waals surface area contributed by atoms with E-state index in [1.807, 2.05) is 5.32 Å². The smallest absolute Gasteiger partial charge is 0.414 e. The Hall–Kier alpha value is -3.43. The molecule has 1 aromatic heterocycles. The lowest BCUT2D eigenvalue weighted by molar-refractivity contribution is -0.132. The standard InChI is InChI=1S/C21H23F3N6O5S/c22-17-10-14(29-13-15(35-21(29)32)11-26-20(31)19(23)24)3-4-18(17)28-7-6-27-30(9-8-28)36(33,34)16-2-1-5-25-12-16/h1-5,10,12,15,19,27H,6-9,11,13H2,(H,26,31)/t15-/m0/s1. The Morgan fingerprint density at radius 1 is 1.25 bits per heavy atom. The third-order valence-electron chi connectivity index (χ3n) is 5.63. The Kier molecular flexibility index (Phi) is 7.61. The average molecular weight is 529 g/mol. The highest BCUT2D eigenvalue weighted by atomic mass is 32.2. The molecule has 2 N–H and O–H groups in total. The highest BCUT2D eigenvalue weighted by Gasteiger charge is 2.34. The van der Waals surface area contributed by atoms with Gasteiger partial charge in [-0.1, -0.05) is 0 Å². The van der Waals surface area contributed by atoms with Gasteiger partial charge in [0.1, 0.15) is 16.8 Å². The van der Waals surface area contributed by atoms with Crippen LogP contribution in [0, 0.1) is 5.82 Å². The molecule has 2 amide bonds. The number of ether oxygens (including phenoxy) is 1. The van der Waals surface area contributed by atoms with Gasteiger partial charge >= 0.3 is 12.5 Å². The van der Waals surface area contributed by atoms with Crippen molar-refractivity contribution in [2.45, 2.75) is 17.4 Å². The number of nitrogens with zero attached hydrogens (tertiary/aromatic N) is 4. The maximum atomic E-state index is 15.1. The molecule has 2 aromatic rings. The number of hydrogen-bond acceptors (Lipinski definition) is 8. The summed E-state index contributed by atoms with van der Waals surface area (Å²) in [5.74, 6) is -2.11. The number of pyridine rings is 1. The summed E-state index contributed by atoms with van der Waals surface area (Å²) in [7, 11) is -3.83. The van der Waals surface area contributed by atoms with Crippen LogP contribution in [0.2, 0.25) is 0 Å². The first kappa shape index (κ1) is 25.7. The Bertz CT molecular complexity index is 1220. The number of carbonyl (C=O) groups excluding carboxylic acids is 2. The summed E-state index contributed by atoms with van der Waals surface area (Å²) in [6.45, 7) is 0.419. The number of hydrazine groups is 1. The highest BCUT2D eigenvalue weighted by molar-refractivity contribution is 7.89. The van der Waals surface area contributed by atoms with E-state index < -0.39 is 40.4 Å². The molecule has 36 heavy (non-hydrogen) atoms. The lowest BCUT2D eigenvalue weighted by Crippen LogP contribution is -2.43. The molecule has 2 aliphatic heterocycles. The molecular formula is C21H23F3N6O5S. The van der Waals surface area contributed by atoms with Gasteiger partial charge in [0.15, 0.2) is 0 Å². The normalized spacial score (nSPS) is 19.3. The van der Waals surface area contributed by atoms with Gasteiger partial charge in [0.2, 0.25) is 0 Å². The second-order valence-electron chi connectivity index (χ2n) is 7.96. The number of anilines is 2. The molecule has 0 aliphatic carbocycles. The molecule has 3 heterocycles. The van der Waals surface area contributed by atoms with E-state index in [9.17, 15) is 26.8 Å². The minimum absolute atomic E-state index is 0.0334. The third kappa shape index (κ3) is 5.52. The fraction of sp³-hybridized carbons (Fsp3) is 0.381. The summed E-state index contributed by atoms with van der Waals surface area (Å²) in [4.78, 5) is 29.9. The largest absolute Gasteiger partial charge is 0.442 e. The second-order valence-corrected chi connectivity index (χ2v) is 9.82. The van der Waals surface area contributed by atoms with Gasteiger partial charge in [0, 0.05) is 38.6 Å². The first-order valence-corrected chi connectivity index (χ1v) is 12.4. The molecule has 2 fully saturated rings. The van der Waals surface area contributed by atoms with Gasteiger partial charge in [-0.2, -0.15) is 8.78 Å². The van der Waals surface area contributed by atoms with Crippen molar-refractivity contribution < 1.29 is 35.9 Å². The van der Waals surface area contributed by atoms with Crippen LogP contribution in [0.3, 0.4) is 0 Å². The topological polar surface area (TPSA) is 124 Å². The molecule has 0 radical (unpaired) electrons. The van der Waals surface area contributed by atoms with Crippen LogP contribution in [-0.4, -0.2) is 81.6 Å². The minimum atomic E-state index is -3.83. The maximum Gasteiger partial charge on any atom is 0.414 e. The number of cyclic esters (lactones) is 1. The van der Waals surface area contributed by atoms with Crippen LogP contribution < -0.4 is 20.5 Å². The number of amides is 2. The number of hydrogen-bond donors (Lipinski definition) is 2. The van der Waals surface area contributed by atoms with Crippen molar-refractivity contribution in [1.29, 1.82) is 0 Å². The van der Waals surface area contributed by atoms with Gasteiger partial charge in [-0.3, -0.25) is 14.7 Å². The minimum Gasteiger partial charge on any atom is -0.442 e. The van der Waals surface area contributed by atoms with Crippen molar-refractivity contribution in [3.8, 4) is 0 Å². The number of aromatic nitrogens is 1. The van der Waals surface area contributed by atoms with Crippen LogP contribution in [0.15, 0.2) is 47.6 Å². The van der Waals surface area contributed by atoms with Crippen molar-refractivity contribution >= 4 is 33.4 Å². The van der Waals surface area contributed by atoms with Gasteiger partial charge in [0.05, 0.1) is 24.5 Å². The molecule has 4 rings (SSSR count). The van der Waals surface area contributed by atoms with Gasteiger partial charge in [-0.15, -0.1) is 4.41 Å². The molecule has 1 atom stereocenters. The first-order chi connectivity index (χ1) is 17.2. The summed E-state index contributed by atoms with van der Waals surface area (Å²) in [5, 5.41) is 1.98. The molecule has 0 unspecified atom stereocenters. The summed E-state index contributed by atoms with van der Waals surface area (Å²) in [5.41, 5.74) is 3.25. The number of benzene rings is 1. The quantitative estimate of drug-likeness (QED) is 0.545. The summed E-state index contributed by atoms with van der Waals surface area (Å²) in [6.07, 6.45) is -2.13. The molecule has 1 aromatic carbocycles. The lowest BCUT2D eigenvalue weighted by Gasteiger charge is -2.24. The Morgan fingerprint density at radius 3 is 2.75 bits per heavy atom. The van der Waals surface area contributed by atoms with Crippen molar-refractivity contribution in [2.75, 3.05) is 49.1 Å². The summed E-state index contributed by atoms with van der Waals surface area (Å²) < 4.78 is 71.5. The van der Waals surface area contributed by atoms with E-state index in [1.54, 1.807) is 4.90 Å². The monoisotopic (exact) mass is 528 g/mol. The molecule has 194 valence electrons. The van der Waals surface area contributed by atoms with Crippen LogP contribution in [0.5, 0.6) is 0 Å². The lowest BCUT2D eigenvalue weighted by atomic mass is 10.2. The SMILES string of the molecule is O=C(NC[C@H]1CN(c2ccc(N3CCNN(S(=O)(=O)c4cccnc4)CC3)c(F)c2)C(=O)O1)C(F)F. The molecule has 0 saturated carbocycles. The highest BCUT2D eigenvalue weighted by Crippen LogP contribution is 2.28. The van der Waals surface area contributed by atoms with Crippen LogP contribution in [0.25, 0.3) is 0 Å². The molecule has 0 spiro atoms. The van der Waals surface area contributed by atoms with E-state index in [-0.39, 0.29) is 49.0 Å². The van der Waals surface area contributed by atoms with Gasteiger partial charge in [-0.25, -0.2) is 23.0 Å². The third-order valence-corrected chi connectivity index (χ3v) is 7.35. The number of nitrogens with one attached hydrogen (secondary N) is 2. The molecule has 11 nitrogen and oxygen atoms in total. The van der Waals surface area contributed by atoms with E-state index in [1.165, 1.54) is 36.7 Å². The van der Waals surface area contributed by atoms with Crippen molar-refractivity contribution in [1.82, 2.24) is 20.1 Å². The van der Waals surface area contributed by atoms with E-state index in [2.05, 4.69) is 10.4 Å². The molecule has 15 heteroatoms. The molecule has 2 saturated heterocycles. The van der Waals surface area contributed by atoms with Crippen molar-refractivity contribution in [3.63, 3.8) is 0 Å². The summed E-state index contributed by atoms with van der Waals surface area (Å²) >= 11 is 0. The molecule has 0 bridgehead atoms. The van der Waals surface area contributed by atoms with E-state index in [0.717, 1.165) is 15.4 Å². The Morgan fingerprint density at radius 2 is 2.06 bits per heavy atom. The van der Waals surface area contributed by atoms with Gasteiger partial charge in [-0.05, 0) is 30.3 Å². The fourth-order valence-corrected chi connectivity index (χ4v) is 5.12. The zero-order valence-corrected chi connectivity index (χ0v) is 19.6. The average Bonchev–Trinajstić information content (AvgIpc) is 3.06. The maximum absolute atomic E-state index is 15.1. The predicted octanol–water partition coefficient (Wildman–Crippen LogP) is 0.943. The predicted molar refractivity (Wildman–Crippen MR) is 121 cm³/mol. The van der Waals surface area contributed by atoms with Gasteiger partial charge in [0.25, 0.3) is 15.9 Å². The number of sulfonamides is 1. The van der Waals surface area contributed by atoms with Crippen molar-refractivity contribution in [2.24, 2.45) is 0 Å². The molecular weight excluding hydrogens is 505 g/mol. The number of alkyl halides is 2. The van der Waals surface area contributed by atoms with E-state index in [0.29, 0.717) is 6.54 Å². The zero-order chi connectivity index (χ0) is 25.9. The second kappa shape index (κ2) is 10.7. The number of carbonyl (C=O) groups is 2. The van der Waals surface area contributed by atoms with Crippen LogP contribution >= 0.6 is 0 Å². The summed E-state index contributed by atoms with van der Waals surface area (Å²) in [6, 6.07) is 7.06.